The largest absolute Gasteiger partial charge is 0.481 e. The first-order chi connectivity index (χ1) is 9.13. The summed E-state index contributed by atoms with van der Waals surface area (Å²) in [6.45, 7) is 2.56. The first-order valence-corrected chi connectivity index (χ1v) is 6.46. The molecule has 2 aromatic rings. The maximum atomic E-state index is 12.3. The van der Waals surface area contributed by atoms with E-state index in [4.69, 9.17) is 5.11 Å². The summed E-state index contributed by atoms with van der Waals surface area (Å²) >= 11 is 0. The molecule has 1 aromatic carbocycles. The molecule has 2 rings (SSSR count). The molecule has 0 saturated carbocycles. The van der Waals surface area contributed by atoms with Crippen LogP contribution in [0.2, 0.25) is 0 Å². The van der Waals surface area contributed by atoms with Crippen molar-refractivity contribution < 1.29 is 9.90 Å². The fraction of sp³-hybridized carbons (Fsp3) is 0.333. The first kappa shape index (κ1) is 13.3. The van der Waals surface area contributed by atoms with Crippen molar-refractivity contribution in [2.45, 2.75) is 32.7 Å². The van der Waals surface area contributed by atoms with Crippen molar-refractivity contribution in [1.82, 2.24) is 4.57 Å². The maximum absolute atomic E-state index is 12.3. The van der Waals surface area contributed by atoms with E-state index in [0.717, 1.165) is 10.9 Å². The smallest absolute Gasteiger partial charge is 0.303 e. The van der Waals surface area contributed by atoms with Crippen LogP contribution in [0.1, 0.15) is 25.3 Å². The predicted octanol–water partition coefficient (Wildman–Crippen LogP) is 2.43. The van der Waals surface area contributed by atoms with Gasteiger partial charge in [0.2, 0.25) is 0 Å². The highest BCUT2D eigenvalue weighted by Crippen LogP contribution is 2.14. The number of benzene rings is 1. The minimum Gasteiger partial charge on any atom is -0.481 e. The quantitative estimate of drug-likeness (QED) is 0.897. The van der Waals surface area contributed by atoms with Gasteiger partial charge in [-0.1, -0.05) is 18.2 Å². The van der Waals surface area contributed by atoms with Gasteiger partial charge in [-0.05, 0) is 37.3 Å². The van der Waals surface area contributed by atoms with Crippen LogP contribution in [-0.2, 0) is 17.8 Å². The highest BCUT2D eigenvalue weighted by Gasteiger charge is 2.08. The third kappa shape index (κ3) is 2.84. The zero-order valence-electron chi connectivity index (χ0n) is 10.9. The molecule has 0 aliphatic carbocycles. The van der Waals surface area contributed by atoms with Crippen LogP contribution in [0.3, 0.4) is 0 Å². The van der Waals surface area contributed by atoms with Gasteiger partial charge in [-0.2, -0.15) is 0 Å². The van der Waals surface area contributed by atoms with Gasteiger partial charge < -0.3 is 9.67 Å². The molecule has 1 heterocycles. The summed E-state index contributed by atoms with van der Waals surface area (Å²) in [5, 5.41) is 9.67. The molecule has 0 bridgehead atoms. The number of aliphatic carboxylic acids is 1. The molecule has 0 unspecified atom stereocenters. The van der Waals surface area contributed by atoms with Crippen molar-refractivity contribution in [3.63, 3.8) is 0 Å². The second-order valence-electron chi connectivity index (χ2n) is 4.53. The average Bonchev–Trinajstić information content (AvgIpc) is 2.39. The molecular weight excluding hydrogens is 242 g/mol. The van der Waals surface area contributed by atoms with Crippen molar-refractivity contribution in [3.8, 4) is 0 Å². The van der Waals surface area contributed by atoms with E-state index in [1.54, 1.807) is 4.57 Å². The van der Waals surface area contributed by atoms with Gasteiger partial charge in [0.1, 0.15) is 0 Å². The van der Waals surface area contributed by atoms with Crippen LogP contribution in [0.25, 0.3) is 10.9 Å². The number of carboxylic acids is 1. The summed E-state index contributed by atoms with van der Waals surface area (Å²) in [7, 11) is 0. The average molecular weight is 259 g/mol. The normalized spacial score (nSPS) is 10.8. The SMILES string of the molecule is CCn1c(=O)c(CCCC(=O)O)cc2ccccc21. The highest BCUT2D eigenvalue weighted by molar-refractivity contribution is 5.79. The molecule has 4 nitrogen and oxygen atoms in total. The van der Waals surface area contributed by atoms with Crippen molar-refractivity contribution in [2.75, 3.05) is 0 Å². The Morgan fingerprint density at radius 3 is 2.74 bits per heavy atom. The Morgan fingerprint density at radius 1 is 1.32 bits per heavy atom. The van der Waals surface area contributed by atoms with Crippen molar-refractivity contribution in [3.05, 3.63) is 46.2 Å². The lowest BCUT2D eigenvalue weighted by Crippen LogP contribution is -2.23. The molecular formula is C15H17NO3. The van der Waals surface area contributed by atoms with E-state index in [0.29, 0.717) is 24.9 Å². The number of hydrogen-bond donors (Lipinski definition) is 1. The van der Waals surface area contributed by atoms with Crippen LogP contribution in [0, 0.1) is 0 Å². The molecule has 1 N–H and O–H groups in total. The summed E-state index contributed by atoms with van der Waals surface area (Å²) in [5.41, 5.74) is 1.62. The minimum absolute atomic E-state index is 0.00779. The van der Waals surface area contributed by atoms with Gasteiger partial charge in [0, 0.05) is 18.5 Å². The minimum atomic E-state index is -0.823. The van der Waals surface area contributed by atoms with Crippen LogP contribution in [-0.4, -0.2) is 15.6 Å². The lowest BCUT2D eigenvalue weighted by molar-refractivity contribution is -0.137. The number of nitrogens with zero attached hydrogens (tertiary/aromatic N) is 1. The van der Waals surface area contributed by atoms with Crippen molar-refractivity contribution in [2.24, 2.45) is 0 Å². The van der Waals surface area contributed by atoms with Crippen LogP contribution in [0.15, 0.2) is 35.1 Å². The molecule has 0 aliphatic rings. The Morgan fingerprint density at radius 2 is 2.05 bits per heavy atom. The number of aromatic nitrogens is 1. The van der Waals surface area contributed by atoms with Gasteiger partial charge in [-0.25, -0.2) is 0 Å². The first-order valence-electron chi connectivity index (χ1n) is 6.46. The standard InChI is InChI=1S/C15H17NO3/c1-2-16-13-8-4-3-6-11(13)10-12(15(16)19)7-5-9-14(17)18/h3-4,6,8,10H,2,5,7,9H2,1H3,(H,17,18). The van der Waals surface area contributed by atoms with Gasteiger partial charge in [0.25, 0.3) is 5.56 Å². The molecule has 0 aliphatic heterocycles. The molecule has 0 radical (unpaired) electrons. The van der Waals surface area contributed by atoms with Gasteiger partial charge in [-0.3, -0.25) is 9.59 Å². The van der Waals surface area contributed by atoms with Gasteiger partial charge in [0.15, 0.2) is 0 Å². The van der Waals surface area contributed by atoms with E-state index in [9.17, 15) is 9.59 Å². The number of fused-ring (bicyclic) bond motifs is 1. The number of carbonyl (C=O) groups is 1. The number of aryl methyl sites for hydroxylation is 2. The monoisotopic (exact) mass is 259 g/mol. The van der Waals surface area contributed by atoms with Crippen molar-refractivity contribution >= 4 is 16.9 Å². The Hall–Kier alpha value is -2.10. The third-order valence-corrected chi connectivity index (χ3v) is 3.23. The molecule has 4 heteroatoms. The summed E-state index contributed by atoms with van der Waals surface area (Å²) in [6.07, 6.45) is 1.10. The van der Waals surface area contributed by atoms with Crippen LogP contribution < -0.4 is 5.56 Å². The fourth-order valence-corrected chi connectivity index (χ4v) is 2.31. The second kappa shape index (κ2) is 5.69. The van der Waals surface area contributed by atoms with E-state index in [-0.39, 0.29) is 12.0 Å². The Kier molecular flexibility index (Phi) is 4.00. The van der Waals surface area contributed by atoms with E-state index in [2.05, 4.69) is 0 Å². The molecule has 1 aromatic heterocycles. The van der Waals surface area contributed by atoms with Crippen LogP contribution in [0.5, 0.6) is 0 Å². The summed E-state index contributed by atoms with van der Waals surface area (Å²) in [6, 6.07) is 9.64. The molecule has 100 valence electrons. The molecule has 0 saturated heterocycles. The highest BCUT2D eigenvalue weighted by atomic mass is 16.4. The summed E-state index contributed by atoms with van der Waals surface area (Å²) in [4.78, 5) is 22.8. The Labute approximate surface area is 111 Å². The Balaban J connectivity index is 2.41. The zero-order chi connectivity index (χ0) is 13.8. The number of rotatable bonds is 5. The number of pyridine rings is 1. The topological polar surface area (TPSA) is 59.3 Å². The number of carboxylic acid groups (broad SMARTS) is 1. The van der Waals surface area contributed by atoms with E-state index in [1.807, 2.05) is 37.3 Å². The molecule has 0 atom stereocenters. The van der Waals surface area contributed by atoms with E-state index in [1.165, 1.54) is 0 Å². The van der Waals surface area contributed by atoms with Gasteiger partial charge >= 0.3 is 5.97 Å². The predicted molar refractivity (Wildman–Crippen MR) is 74.5 cm³/mol. The van der Waals surface area contributed by atoms with Crippen LogP contribution in [0.4, 0.5) is 0 Å². The zero-order valence-corrected chi connectivity index (χ0v) is 10.9. The number of hydrogen-bond acceptors (Lipinski definition) is 2. The van der Waals surface area contributed by atoms with Gasteiger partial charge in [-0.15, -0.1) is 0 Å². The lowest BCUT2D eigenvalue weighted by atomic mass is 10.1. The third-order valence-electron chi connectivity index (χ3n) is 3.23. The van der Waals surface area contributed by atoms with Gasteiger partial charge in [0.05, 0.1) is 5.52 Å². The van der Waals surface area contributed by atoms with Crippen molar-refractivity contribution in [1.29, 1.82) is 0 Å². The summed E-state index contributed by atoms with van der Waals surface area (Å²) in [5.74, 6) is -0.823. The summed E-state index contributed by atoms with van der Waals surface area (Å²) < 4.78 is 1.74. The fourth-order valence-electron chi connectivity index (χ4n) is 2.31. The lowest BCUT2D eigenvalue weighted by Gasteiger charge is -2.10. The van der Waals surface area contributed by atoms with Crippen LogP contribution >= 0.6 is 0 Å². The van der Waals surface area contributed by atoms with E-state index >= 15 is 0 Å². The molecule has 19 heavy (non-hydrogen) atoms. The molecule has 0 spiro atoms. The van der Waals surface area contributed by atoms with E-state index < -0.39 is 5.97 Å². The molecule has 0 fully saturated rings. The maximum Gasteiger partial charge on any atom is 0.303 e. The number of para-hydroxylation sites is 1. The molecule has 0 amide bonds. The second-order valence-corrected chi connectivity index (χ2v) is 4.53. The Bertz CT molecular complexity index is 658.